The molecule has 2 N–H and O–H groups in total. The van der Waals surface area contributed by atoms with Crippen molar-refractivity contribution in [3.05, 3.63) is 35.9 Å². The summed E-state index contributed by atoms with van der Waals surface area (Å²) in [7, 11) is 0. The molecule has 2 nitrogen and oxygen atoms in total. The molecule has 1 aromatic rings. The molecule has 0 aliphatic rings. The summed E-state index contributed by atoms with van der Waals surface area (Å²) in [6.07, 6.45) is 1.50. The van der Waals surface area contributed by atoms with Crippen LogP contribution in [0.1, 0.15) is 25.8 Å². The predicted octanol–water partition coefficient (Wildman–Crippen LogP) is 2.13. The van der Waals surface area contributed by atoms with Gasteiger partial charge in [-0.15, -0.1) is 0 Å². The zero-order chi connectivity index (χ0) is 10.6. The fraction of sp³-hybridized carbons (Fsp3) is 0.417. The molecule has 0 saturated heterocycles. The summed E-state index contributed by atoms with van der Waals surface area (Å²) in [6, 6.07) is 9.98. The molecule has 0 saturated carbocycles. The lowest BCUT2D eigenvalue weighted by Gasteiger charge is -2.24. The summed E-state index contributed by atoms with van der Waals surface area (Å²) in [5.74, 6) is -0.219. The molecule has 0 aromatic heterocycles. The molecule has 14 heavy (non-hydrogen) atoms. The number of benzene rings is 1. The Morgan fingerprint density at radius 1 is 1.36 bits per heavy atom. The van der Waals surface area contributed by atoms with Crippen molar-refractivity contribution in [2.75, 3.05) is 0 Å². The number of rotatable bonds is 4. The number of hydrogen-bond acceptors (Lipinski definition) is 1. The van der Waals surface area contributed by atoms with E-state index in [1.54, 1.807) is 0 Å². The van der Waals surface area contributed by atoms with Crippen LogP contribution in [0.25, 0.3) is 0 Å². The van der Waals surface area contributed by atoms with E-state index in [4.69, 9.17) is 5.73 Å². The first kappa shape index (κ1) is 10.8. The summed E-state index contributed by atoms with van der Waals surface area (Å²) >= 11 is 0. The van der Waals surface area contributed by atoms with E-state index in [9.17, 15) is 4.79 Å². The summed E-state index contributed by atoms with van der Waals surface area (Å²) < 4.78 is 0. The van der Waals surface area contributed by atoms with Crippen LogP contribution in [0.5, 0.6) is 0 Å². The molecule has 1 aromatic carbocycles. The molecule has 0 aliphatic heterocycles. The molecule has 2 heteroatoms. The van der Waals surface area contributed by atoms with Gasteiger partial charge in [0.1, 0.15) is 0 Å². The summed E-state index contributed by atoms with van der Waals surface area (Å²) in [6.45, 7) is 3.91. The fourth-order valence-corrected chi connectivity index (χ4v) is 1.43. The standard InChI is InChI=1S/C12H17NO/c1-3-12(2,11(13)14)9-10-7-5-4-6-8-10/h4-8H,3,9H2,1-2H3,(H2,13,14). The van der Waals surface area contributed by atoms with Gasteiger partial charge in [-0.2, -0.15) is 0 Å². The van der Waals surface area contributed by atoms with Crippen molar-refractivity contribution in [1.82, 2.24) is 0 Å². The monoisotopic (exact) mass is 191 g/mol. The zero-order valence-corrected chi connectivity index (χ0v) is 8.79. The highest BCUT2D eigenvalue weighted by atomic mass is 16.1. The topological polar surface area (TPSA) is 43.1 Å². The Hall–Kier alpha value is -1.31. The average molecular weight is 191 g/mol. The number of carbonyl (C=O) groups excluding carboxylic acids is 1. The lowest BCUT2D eigenvalue weighted by atomic mass is 9.80. The van der Waals surface area contributed by atoms with Gasteiger partial charge in [0.05, 0.1) is 0 Å². The van der Waals surface area contributed by atoms with Crippen molar-refractivity contribution >= 4 is 5.91 Å². The van der Waals surface area contributed by atoms with Crippen molar-refractivity contribution in [2.24, 2.45) is 11.1 Å². The third-order valence-corrected chi connectivity index (χ3v) is 2.81. The minimum atomic E-state index is -0.415. The number of hydrogen-bond donors (Lipinski definition) is 1. The molecule has 0 radical (unpaired) electrons. The van der Waals surface area contributed by atoms with Crippen molar-refractivity contribution in [3.63, 3.8) is 0 Å². The van der Waals surface area contributed by atoms with Crippen molar-refractivity contribution in [3.8, 4) is 0 Å². The van der Waals surface area contributed by atoms with Gasteiger partial charge in [-0.3, -0.25) is 4.79 Å². The molecule has 76 valence electrons. The van der Waals surface area contributed by atoms with Gasteiger partial charge in [-0.25, -0.2) is 0 Å². The van der Waals surface area contributed by atoms with Crippen LogP contribution in [0, 0.1) is 5.41 Å². The molecule has 0 aliphatic carbocycles. The maximum absolute atomic E-state index is 11.3. The highest BCUT2D eigenvalue weighted by molar-refractivity contribution is 5.80. The second-order valence-electron chi connectivity index (χ2n) is 3.94. The highest BCUT2D eigenvalue weighted by Gasteiger charge is 2.28. The van der Waals surface area contributed by atoms with Gasteiger partial charge in [0.15, 0.2) is 0 Å². The van der Waals surface area contributed by atoms with Gasteiger partial charge < -0.3 is 5.73 Å². The quantitative estimate of drug-likeness (QED) is 0.778. The van der Waals surface area contributed by atoms with Crippen LogP contribution in [0.3, 0.4) is 0 Å². The molecule has 0 spiro atoms. The minimum absolute atomic E-state index is 0.219. The first-order valence-electron chi connectivity index (χ1n) is 4.92. The van der Waals surface area contributed by atoms with E-state index >= 15 is 0 Å². The fourth-order valence-electron chi connectivity index (χ4n) is 1.43. The number of primary amides is 1. The molecule has 1 amide bonds. The van der Waals surface area contributed by atoms with Gasteiger partial charge in [0.2, 0.25) is 5.91 Å². The van der Waals surface area contributed by atoms with Crippen LogP contribution in [0.4, 0.5) is 0 Å². The molecular weight excluding hydrogens is 174 g/mol. The van der Waals surface area contributed by atoms with E-state index in [-0.39, 0.29) is 5.91 Å². The van der Waals surface area contributed by atoms with E-state index in [1.165, 1.54) is 0 Å². The Kier molecular flexibility index (Phi) is 3.28. The zero-order valence-electron chi connectivity index (χ0n) is 8.79. The van der Waals surface area contributed by atoms with Crippen molar-refractivity contribution < 1.29 is 4.79 Å². The number of amides is 1. The minimum Gasteiger partial charge on any atom is -0.369 e. The van der Waals surface area contributed by atoms with Gasteiger partial charge >= 0.3 is 0 Å². The van der Waals surface area contributed by atoms with Crippen molar-refractivity contribution in [2.45, 2.75) is 26.7 Å². The summed E-state index contributed by atoms with van der Waals surface area (Å²) in [4.78, 5) is 11.3. The largest absolute Gasteiger partial charge is 0.369 e. The van der Waals surface area contributed by atoms with Gasteiger partial charge in [-0.1, -0.05) is 44.2 Å². The normalized spacial score (nSPS) is 14.7. The maximum atomic E-state index is 11.3. The second-order valence-corrected chi connectivity index (χ2v) is 3.94. The lowest BCUT2D eigenvalue weighted by Crippen LogP contribution is -2.35. The highest BCUT2D eigenvalue weighted by Crippen LogP contribution is 2.25. The smallest absolute Gasteiger partial charge is 0.223 e. The maximum Gasteiger partial charge on any atom is 0.223 e. The number of carbonyl (C=O) groups is 1. The van der Waals surface area contributed by atoms with Crippen LogP contribution in [-0.4, -0.2) is 5.91 Å². The molecule has 1 unspecified atom stereocenters. The van der Waals surface area contributed by atoms with Gasteiger partial charge in [-0.05, 0) is 18.4 Å². The molecule has 0 heterocycles. The first-order valence-corrected chi connectivity index (χ1v) is 4.92. The molecule has 0 bridgehead atoms. The Morgan fingerprint density at radius 3 is 2.36 bits per heavy atom. The average Bonchev–Trinajstić information content (AvgIpc) is 2.19. The van der Waals surface area contributed by atoms with E-state index in [2.05, 4.69) is 0 Å². The van der Waals surface area contributed by atoms with E-state index in [0.29, 0.717) is 0 Å². The lowest BCUT2D eigenvalue weighted by molar-refractivity contribution is -0.126. The Balaban J connectivity index is 2.81. The molecule has 1 atom stereocenters. The third-order valence-electron chi connectivity index (χ3n) is 2.81. The SMILES string of the molecule is CCC(C)(Cc1ccccc1)C(N)=O. The van der Waals surface area contributed by atoms with Crippen LogP contribution in [0.15, 0.2) is 30.3 Å². The summed E-state index contributed by atoms with van der Waals surface area (Å²) in [5.41, 5.74) is 6.14. The summed E-state index contributed by atoms with van der Waals surface area (Å²) in [5, 5.41) is 0. The van der Waals surface area contributed by atoms with Gasteiger partial charge in [0.25, 0.3) is 0 Å². The number of nitrogens with two attached hydrogens (primary N) is 1. The predicted molar refractivity (Wildman–Crippen MR) is 57.7 cm³/mol. The van der Waals surface area contributed by atoms with Crippen LogP contribution >= 0.6 is 0 Å². The van der Waals surface area contributed by atoms with Crippen LogP contribution in [0.2, 0.25) is 0 Å². The van der Waals surface area contributed by atoms with Gasteiger partial charge in [0, 0.05) is 5.41 Å². The molecule has 1 rings (SSSR count). The molecule has 0 fully saturated rings. The Bertz CT molecular complexity index is 307. The molecular formula is C12H17NO. The van der Waals surface area contributed by atoms with E-state index < -0.39 is 5.41 Å². The third kappa shape index (κ3) is 2.34. The second kappa shape index (κ2) is 4.27. The van der Waals surface area contributed by atoms with Crippen LogP contribution in [-0.2, 0) is 11.2 Å². The van der Waals surface area contributed by atoms with Crippen LogP contribution < -0.4 is 5.73 Å². The Labute approximate surface area is 85.1 Å². The van der Waals surface area contributed by atoms with E-state index in [0.717, 1.165) is 18.4 Å². The first-order chi connectivity index (χ1) is 6.58. The van der Waals surface area contributed by atoms with E-state index in [1.807, 2.05) is 44.2 Å². The van der Waals surface area contributed by atoms with Crippen molar-refractivity contribution in [1.29, 1.82) is 0 Å². The Morgan fingerprint density at radius 2 is 1.93 bits per heavy atom.